The number of benzene rings is 1. The van der Waals surface area contributed by atoms with Gasteiger partial charge in [0.05, 0.1) is 0 Å². The zero-order valence-electron chi connectivity index (χ0n) is 15.2. The molecular formula is C20H29ClN2O2. The van der Waals surface area contributed by atoms with Crippen molar-refractivity contribution >= 4 is 23.4 Å². The van der Waals surface area contributed by atoms with Gasteiger partial charge in [-0.15, -0.1) is 0 Å². The van der Waals surface area contributed by atoms with E-state index in [1.54, 1.807) is 0 Å². The van der Waals surface area contributed by atoms with Gasteiger partial charge in [-0.3, -0.25) is 9.59 Å². The van der Waals surface area contributed by atoms with Crippen molar-refractivity contribution in [3.63, 3.8) is 0 Å². The summed E-state index contributed by atoms with van der Waals surface area (Å²) in [5.74, 6) is 0.869. The molecule has 0 aliphatic heterocycles. The fraction of sp³-hybridized carbons (Fsp3) is 0.600. The van der Waals surface area contributed by atoms with Crippen LogP contribution in [0.1, 0.15) is 51.5 Å². The Morgan fingerprint density at radius 1 is 1.04 bits per heavy atom. The van der Waals surface area contributed by atoms with Crippen LogP contribution in [0.15, 0.2) is 24.3 Å². The second-order valence-corrected chi connectivity index (χ2v) is 7.74. The Morgan fingerprint density at radius 2 is 1.60 bits per heavy atom. The number of rotatable bonds is 7. The number of hydrogen-bond acceptors (Lipinski definition) is 2. The van der Waals surface area contributed by atoms with Gasteiger partial charge in [0.2, 0.25) is 11.8 Å². The lowest BCUT2D eigenvalue weighted by Gasteiger charge is -2.27. The summed E-state index contributed by atoms with van der Waals surface area (Å²) >= 11 is 6.11. The third kappa shape index (κ3) is 6.35. The van der Waals surface area contributed by atoms with E-state index in [4.69, 9.17) is 11.6 Å². The summed E-state index contributed by atoms with van der Waals surface area (Å²) in [6, 6.07) is 7.53. The first-order valence-corrected chi connectivity index (χ1v) is 9.64. The van der Waals surface area contributed by atoms with Gasteiger partial charge in [0.15, 0.2) is 0 Å². The van der Waals surface area contributed by atoms with Gasteiger partial charge in [0, 0.05) is 29.9 Å². The molecule has 0 aromatic heterocycles. The third-order valence-electron chi connectivity index (χ3n) is 4.90. The minimum Gasteiger partial charge on any atom is -0.356 e. The van der Waals surface area contributed by atoms with Crippen LogP contribution >= 0.6 is 11.6 Å². The van der Waals surface area contributed by atoms with E-state index in [0.29, 0.717) is 17.5 Å². The molecule has 0 radical (unpaired) electrons. The Bertz CT molecular complexity index is 581. The Balaban J connectivity index is 1.71. The largest absolute Gasteiger partial charge is 0.356 e. The second-order valence-electron chi connectivity index (χ2n) is 7.33. The molecule has 1 saturated carbocycles. The highest BCUT2D eigenvalue weighted by Crippen LogP contribution is 2.29. The Morgan fingerprint density at radius 3 is 2.16 bits per heavy atom. The minimum atomic E-state index is 0.00204. The molecule has 0 bridgehead atoms. The summed E-state index contributed by atoms with van der Waals surface area (Å²) in [6.07, 6.45) is 4.13. The molecule has 4 nitrogen and oxygen atoms in total. The number of carbonyl (C=O) groups is 2. The molecular weight excluding hydrogens is 336 g/mol. The first-order valence-electron chi connectivity index (χ1n) is 9.26. The van der Waals surface area contributed by atoms with Crippen molar-refractivity contribution in [2.24, 2.45) is 17.8 Å². The summed E-state index contributed by atoms with van der Waals surface area (Å²) in [5, 5.41) is 6.67. The maximum Gasteiger partial charge on any atom is 0.223 e. The smallest absolute Gasteiger partial charge is 0.223 e. The quantitative estimate of drug-likeness (QED) is 0.770. The number of hydrogen-bond donors (Lipinski definition) is 2. The predicted octanol–water partition coefficient (Wildman–Crippen LogP) is 3.92. The third-order valence-corrected chi connectivity index (χ3v) is 5.27. The zero-order chi connectivity index (χ0) is 18.2. The van der Waals surface area contributed by atoms with E-state index < -0.39 is 0 Å². The predicted molar refractivity (Wildman–Crippen MR) is 101 cm³/mol. The molecule has 0 atom stereocenters. The molecule has 0 saturated heterocycles. The lowest BCUT2D eigenvalue weighted by molar-refractivity contribution is -0.130. The van der Waals surface area contributed by atoms with E-state index in [0.717, 1.165) is 44.2 Å². The highest BCUT2D eigenvalue weighted by atomic mass is 35.5. The van der Waals surface area contributed by atoms with Crippen molar-refractivity contribution in [3.8, 4) is 0 Å². The van der Waals surface area contributed by atoms with Gasteiger partial charge in [-0.05, 0) is 49.7 Å². The second kappa shape index (κ2) is 9.81. The fourth-order valence-corrected chi connectivity index (χ4v) is 3.42. The van der Waals surface area contributed by atoms with E-state index in [1.807, 2.05) is 24.3 Å². The lowest BCUT2D eigenvalue weighted by Crippen LogP contribution is -2.37. The fourth-order valence-electron chi connectivity index (χ4n) is 3.21. The highest BCUT2D eigenvalue weighted by molar-refractivity contribution is 6.31. The zero-order valence-corrected chi connectivity index (χ0v) is 15.9. The molecule has 5 heteroatoms. The molecule has 2 N–H and O–H groups in total. The minimum absolute atomic E-state index is 0.00204. The van der Waals surface area contributed by atoms with Gasteiger partial charge in [-0.25, -0.2) is 0 Å². The number of halogens is 1. The number of amides is 2. The molecule has 1 fully saturated rings. The average molecular weight is 365 g/mol. The van der Waals surface area contributed by atoms with Gasteiger partial charge < -0.3 is 10.6 Å². The van der Waals surface area contributed by atoms with Crippen LogP contribution < -0.4 is 10.6 Å². The van der Waals surface area contributed by atoms with Gasteiger partial charge in [0.1, 0.15) is 0 Å². The summed E-state index contributed by atoms with van der Waals surface area (Å²) in [6.45, 7) is 5.50. The highest BCUT2D eigenvalue weighted by Gasteiger charge is 2.29. The van der Waals surface area contributed by atoms with Crippen LogP contribution in [0, 0.1) is 17.8 Å². The van der Waals surface area contributed by atoms with Crippen molar-refractivity contribution in [2.45, 2.75) is 52.5 Å². The molecule has 0 unspecified atom stereocenters. The van der Waals surface area contributed by atoms with Crippen molar-refractivity contribution in [1.29, 1.82) is 0 Å². The molecule has 25 heavy (non-hydrogen) atoms. The Hall–Kier alpha value is -1.55. The normalized spacial score (nSPS) is 20.3. The van der Waals surface area contributed by atoms with Crippen molar-refractivity contribution < 1.29 is 9.59 Å². The van der Waals surface area contributed by atoms with Crippen LogP contribution in [0.3, 0.4) is 0 Å². The van der Waals surface area contributed by atoms with Crippen LogP contribution in [0.4, 0.5) is 0 Å². The van der Waals surface area contributed by atoms with Gasteiger partial charge in [-0.2, -0.15) is 0 Å². The van der Waals surface area contributed by atoms with Crippen LogP contribution in [0.2, 0.25) is 5.02 Å². The molecule has 1 aromatic rings. The van der Waals surface area contributed by atoms with E-state index in [2.05, 4.69) is 24.5 Å². The van der Waals surface area contributed by atoms with Crippen LogP contribution in [-0.2, 0) is 16.1 Å². The summed E-state index contributed by atoms with van der Waals surface area (Å²) in [5.41, 5.74) is 0.927. The number of carbonyl (C=O) groups excluding carboxylic acids is 2. The lowest BCUT2D eigenvalue weighted by atomic mass is 9.81. The van der Waals surface area contributed by atoms with Crippen molar-refractivity contribution in [2.75, 3.05) is 6.54 Å². The van der Waals surface area contributed by atoms with E-state index in [-0.39, 0.29) is 23.7 Å². The summed E-state index contributed by atoms with van der Waals surface area (Å²) in [4.78, 5) is 24.5. The van der Waals surface area contributed by atoms with E-state index >= 15 is 0 Å². The SMILES string of the molecule is CC(C)CCNC(=O)C1CCC(C(=O)NCc2ccccc2Cl)CC1. The van der Waals surface area contributed by atoms with Crippen LogP contribution in [0.25, 0.3) is 0 Å². The average Bonchev–Trinajstić information content (AvgIpc) is 2.60. The Kier molecular flexibility index (Phi) is 7.76. The molecule has 0 heterocycles. The van der Waals surface area contributed by atoms with E-state index in [9.17, 15) is 9.59 Å². The maximum absolute atomic E-state index is 12.4. The monoisotopic (exact) mass is 364 g/mol. The van der Waals surface area contributed by atoms with Crippen molar-refractivity contribution in [3.05, 3.63) is 34.9 Å². The molecule has 2 amide bonds. The number of nitrogens with one attached hydrogen (secondary N) is 2. The van der Waals surface area contributed by atoms with Gasteiger partial charge in [0.25, 0.3) is 0 Å². The van der Waals surface area contributed by atoms with Gasteiger partial charge in [-0.1, -0.05) is 43.6 Å². The molecule has 2 rings (SSSR count). The molecule has 1 aromatic carbocycles. The molecule has 138 valence electrons. The molecule has 1 aliphatic carbocycles. The molecule has 0 spiro atoms. The Labute approximate surface area is 155 Å². The van der Waals surface area contributed by atoms with Gasteiger partial charge >= 0.3 is 0 Å². The molecule has 1 aliphatic rings. The van der Waals surface area contributed by atoms with Crippen molar-refractivity contribution in [1.82, 2.24) is 10.6 Å². The van der Waals surface area contributed by atoms with Crippen LogP contribution in [0.5, 0.6) is 0 Å². The first kappa shape index (κ1) is 19.8. The van der Waals surface area contributed by atoms with Crippen LogP contribution in [-0.4, -0.2) is 18.4 Å². The summed E-state index contributed by atoms with van der Waals surface area (Å²) in [7, 11) is 0. The topological polar surface area (TPSA) is 58.2 Å². The standard InChI is InChI=1S/C20H29ClN2O2/c1-14(2)11-12-22-19(24)15-7-9-16(10-8-15)20(25)23-13-17-5-3-4-6-18(17)21/h3-6,14-16H,7-13H2,1-2H3,(H,22,24)(H,23,25). The summed E-state index contributed by atoms with van der Waals surface area (Å²) < 4.78 is 0. The maximum atomic E-state index is 12.4. The van der Waals surface area contributed by atoms with E-state index in [1.165, 1.54) is 0 Å². The first-order chi connectivity index (χ1) is 12.0.